The molecule has 28 heavy (non-hydrogen) atoms. The minimum Gasteiger partial charge on any atom is -0.325 e. The van der Waals surface area contributed by atoms with Crippen LogP contribution in [0.3, 0.4) is 0 Å². The molecule has 0 aliphatic carbocycles. The highest BCUT2D eigenvalue weighted by Crippen LogP contribution is 2.36. The van der Waals surface area contributed by atoms with Gasteiger partial charge in [-0.1, -0.05) is 23.4 Å². The molecule has 2 heterocycles. The summed E-state index contributed by atoms with van der Waals surface area (Å²) in [4.78, 5) is 20.9. The summed E-state index contributed by atoms with van der Waals surface area (Å²) >= 11 is 6.68. The quantitative estimate of drug-likeness (QED) is 0.617. The summed E-state index contributed by atoms with van der Waals surface area (Å²) < 4.78 is 41.1. The first-order valence-corrected chi connectivity index (χ1v) is 9.35. The van der Waals surface area contributed by atoms with Gasteiger partial charge in [-0.2, -0.15) is 18.2 Å². The monoisotopic (exact) mass is 429 g/mol. The summed E-state index contributed by atoms with van der Waals surface area (Å²) in [5.41, 5.74) is 0.245. The number of fused-ring (bicyclic) bond motifs is 1. The van der Waals surface area contributed by atoms with E-state index < -0.39 is 22.9 Å². The van der Waals surface area contributed by atoms with Crippen molar-refractivity contribution in [2.24, 2.45) is 0 Å². The van der Waals surface area contributed by atoms with Gasteiger partial charge in [-0.25, -0.2) is 9.50 Å². The van der Waals surface area contributed by atoms with E-state index in [9.17, 15) is 18.0 Å². The van der Waals surface area contributed by atoms with Crippen LogP contribution in [0.1, 0.15) is 23.9 Å². The van der Waals surface area contributed by atoms with Crippen molar-refractivity contribution in [1.82, 2.24) is 19.6 Å². The van der Waals surface area contributed by atoms with Crippen molar-refractivity contribution in [2.75, 3.05) is 5.32 Å². The number of halogens is 4. The molecule has 1 aromatic carbocycles. The summed E-state index contributed by atoms with van der Waals surface area (Å²) in [5.74, 6) is -0.220. The van der Waals surface area contributed by atoms with Gasteiger partial charge in [0.25, 0.3) is 5.78 Å². The summed E-state index contributed by atoms with van der Waals surface area (Å²) in [6.07, 6.45) is -4.64. The smallest absolute Gasteiger partial charge is 0.325 e. The van der Waals surface area contributed by atoms with Crippen LogP contribution < -0.4 is 5.32 Å². The molecule has 0 spiro atoms. The number of aryl methyl sites for hydroxylation is 2. The van der Waals surface area contributed by atoms with Gasteiger partial charge in [-0.05, 0) is 45.0 Å². The van der Waals surface area contributed by atoms with Crippen molar-refractivity contribution in [3.63, 3.8) is 0 Å². The molecule has 0 aliphatic heterocycles. The van der Waals surface area contributed by atoms with Gasteiger partial charge in [0.05, 0.1) is 16.5 Å². The summed E-state index contributed by atoms with van der Waals surface area (Å²) in [6.45, 7) is 5.23. The maximum absolute atomic E-state index is 13.2. The normalized spacial score (nSPS) is 13.0. The molecule has 2 aromatic heterocycles. The Bertz CT molecular complexity index is 1050. The first-order chi connectivity index (χ1) is 13.0. The van der Waals surface area contributed by atoms with Crippen molar-refractivity contribution in [2.45, 2.75) is 37.4 Å². The van der Waals surface area contributed by atoms with Gasteiger partial charge in [0.15, 0.2) is 0 Å². The van der Waals surface area contributed by atoms with Crippen LogP contribution in [-0.4, -0.2) is 30.7 Å². The predicted octanol–water partition coefficient (Wildman–Crippen LogP) is 4.53. The molecule has 11 heteroatoms. The van der Waals surface area contributed by atoms with E-state index >= 15 is 0 Å². The lowest BCUT2D eigenvalue weighted by molar-refractivity contribution is -0.137. The van der Waals surface area contributed by atoms with Crippen molar-refractivity contribution in [3.05, 3.63) is 46.2 Å². The second kappa shape index (κ2) is 7.59. The Morgan fingerprint density at radius 3 is 2.64 bits per heavy atom. The van der Waals surface area contributed by atoms with Gasteiger partial charge in [-0.15, -0.1) is 5.10 Å². The first kappa shape index (κ1) is 20.4. The number of nitrogens with zero attached hydrogens (tertiary/aromatic N) is 4. The summed E-state index contributed by atoms with van der Waals surface area (Å²) in [5, 5.41) is 6.07. The largest absolute Gasteiger partial charge is 0.418 e. The number of benzene rings is 1. The van der Waals surface area contributed by atoms with Crippen LogP contribution in [0.25, 0.3) is 5.78 Å². The minimum atomic E-state index is -4.64. The molecule has 0 bridgehead atoms. The van der Waals surface area contributed by atoms with Gasteiger partial charge in [-0.3, -0.25) is 4.79 Å². The number of nitrogens with one attached hydrogen (secondary N) is 1. The standard InChI is InChI=1S/C17H15ClF3N5OS/c1-8-6-9(2)26-15(22-8)24-16(25-26)28-10(3)14(27)23-13-5-4-11(18)7-12(13)17(19,20)21/h4-7,10H,1-3H3,(H,23,27). The van der Waals surface area contributed by atoms with Gasteiger partial charge in [0, 0.05) is 16.4 Å². The van der Waals surface area contributed by atoms with E-state index in [2.05, 4.69) is 20.4 Å². The van der Waals surface area contributed by atoms with Gasteiger partial charge in [0.2, 0.25) is 11.1 Å². The van der Waals surface area contributed by atoms with Crippen molar-refractivity contribution >= 4 is 40.7 Å². The Balaban J connectivity index is 1.78. The van der Waals surface area contributed by atoms with Gasteiger partial charge in [0.1, 0.15) is 0 Å². The molecule has 1 unspecified atom stereocenters. The topological polar surface area (TPSA) is 72.2 Å². The number of thioether (sulfide) groups is 1. The lowest BCUT2D eigenvalue weighted by atomic mass is 10.1. The Morgan fingerprint density at radius 2 is 1.96 bits per heavy atom. The van der Waals surface area contributed by atoms with E-state index in [1.54, 1.807) is 11.4 Å². The third-order valence-corrected chi connectivity index (χ3v) is 4.98. The van der Waals surface area contributed by atoms with E-state index in [4.69, 9.17) is 11.6 Å². The van der Waals surface area contributed by atoms with Crippen LogP contribution in [0.2, 0.25) is 5.02 Å². The van der Waals surface area contributed by atoms with E-state index in [1.165, 1.54) is 6.07 Å². The maximum atomic E-state index is 13.2. The first-order valence-electron chi connectivity index (χ1n) is 8.10. The van der Waals surface area contributed by atoms with Crippen LogP contribution >= 0.6 is 23.4 Å². The molecular formula is C17H15ClF3N5OS. The Labute approximate surface area is 167 Å². The van der Waals surface area contributed by atoms with Gasteiger partial charge < -0.3 is 5.32 Å². The maximum Gasteiger partial charge on any atom is 0.418 e. The average Bonchev–Trinajstić information content (AvgIpc) is 2.98. The second-order valence-electron chi connectivity index (χ2n) is 6.08. The Morgan fingerprint density at radius 1 is 1.25 bits per heavy atom. The van der Waals surface area contributed by atoms with Gasteiger partial charge >= 0.3 is 6.18 Å². The van der Waals surface area contributed by atoms with Crippen LogP contribution in [0.4, 0.5) is 18.9 Å². The number of carbonyl (C=O) groups is 1. The van der Waals surface area contributed by atoms with Crippen LogP contribution in [0.15, 0.2) is 29.4 Å². The highest BCUT2D eigenvalue weighted by Gasteiger charge is 2.34. The molecule has 148 valence electrons. The number of alkyl halides is 3. The molecule has 6 nitrogen and oxygen atoms in total. The fourth-order valence-electron chi connectivity index (χ4n) is 2.50. The van der Waals surface area contributed by atoms with Crippen molar-refractivity contribution in [3.8, 4) is 0 Å². The zero-order chi connectivity index (χ0) is 20.6. The molecule has 0 aliphatic rings. The molecule has 1 amide bonds. The minimum absolute atomic E-state index is 0.0696. The SMILES string of the molecule is Cc1cc(C)n2nc(SC(C)C(=O)Nc3ccc(Cl)cc3C(F)(F)F)nc2n1. The lowest BCUT2D eigenvalue weighted by Gasteiger charge is -2.16. The number of rotatable bonds is 4. The number of carbonyl (C=O) groups excluding carboxylic acids is 1. The highest BCUT2D eigenvalue weighted by atomic mass is 35.5. The zero-order valence-corrected chi connectivity index (χ0v) is 16.6. The molecule has 0 saturated carbocycles. The molecular weight excluding hydrogens is 415 g/mol. The number of aromatic nitrogens is 4. The van der Waals surface area contributed by atoms with Crippen molar-refractivity contribution < 1.29 is 18.0 Å². The lowest BCUT2D eigenvalue weighted by Crippen LogP contribution is -2.24. The summed E-state index contributed by atoms with van der Waals surface area (Å²) in [7, 11) is 0. The fourth-order valence-corrected chi connectivity index (χ4v) is 3.42. The molecule has 3 rings (SSSR count). The number of hydrogen-bond donors (Lipinski definition) is 1. The van der Waals surface area contributed by atoms with Crippen LogP contribution in [0.5, 0.6) is 0 Å². The Hall–Kier alpha value is -2.33. The second-order valence-corrected chi connectivity index (χ2v) is 7.83. The molecule has 3 aromatic rings. The van der Waals surface area contributed by atoms with E-state index in [-0.39, 0.29) is 10.7 Å². The molecule has 1 N–H and O–H groups in total. The number of anilines is 1. The average molecular weight is 430 g/mol. The van der Waals surface area contributed by atoms with E-state index in [0.717, 1.165) is 35.3 Å². The molecule has 0 saturated heterocycles. The number of hydrogen-bond acceptors (Lipinski definition) is 5. The van der Waals surface area contributed by atoms with Crippen LogP contribution in [-0.2, 0) is 11.0 Å². The zero-order valence-electron chi connectivity index (χ0n) is 15.0. The third-order valence-electron chi connectivity index (χ3n) is 3.80. The van der Waals surface area contributed by atoms with Crippen molar-refractivity contribution in [1.29, 1.82) is 0 Å². The predicted molar refractivity (Wildman–Crippen MR) is 101 cm³/mol. The molecule has 0 fully saturated rings. The fraction of sp³-hybridized carbons (Fsp3) is 0.294. The number of amides is 1. The summed E-state index contributed by atoms with van der Waals surface area (Å²) in [6, 6.07) is 5.02. The molecule has 1 atom stereocenters. The van der Waals surface area contributed by atoms with Crippen LogP contribution in [0, 0.1) is 13.8 Å². The third kappa shape index (κ3) is 4.39. The van der Waals surface area contributed by atoms with E-state index in [1.807, 2.05) is 19.9 Å². The Kier molecular flexibility index (Phi) is 5.53. The molecule has 0 radical (unpaired) electrons. The van der Waals surface area contributed by atoms with E-state index in [0.29, 0.717) is 10.9 Å². The highest BCUT2D eigenvalue weighted by molar-refractivity contribution is 8.00.